The second-order valence-electron chi connectivity index (χ2n) is 3.78. The summed E-state index contributed by atoms with van der Waals surface area (Å²) in [5, 5.41) is 8.51. The molecule has 1 heterocycles. The smallest absolute Gasteiger partial charge is 0.418 e. The van der Waals surface area contributed by atoms with Gasteiger partial charge in [-0.15, -0.1) is 0 Å². The van der Waals surface area contributed by atoms with E-state index in [1.807, 2.05) is 0 Å². The first kappa shape index (κ1) is 13.2. The minimum atomic E-state index is -4.46. The van der Waals surface area contributed by atoms with Crippen LogP contribution in [0, 0.1) is 0 Å². The van der Waals surface area contributed by atoms with Crippen molar-refractivity contribution in [2.75, 3.05) is 26.2 Å². The number of carboxylic acids is 1. The van der Waals surface area contributed by atoms with E-state index in [1.54, 1.807) is 0 Å². The molecule has 0 spiro atoms. The zero-order valence-corrected chi connectivity index (χ0v) is 8.88. The maximum atomic E-state index is 12.8. The monoisotopic (exact) mass is 241 g/mol. The van der Waals surface area contributed by atoms with Crippen LogP contribution in [0.25, 0.3) is 0 Å². The summed E-state index contributed by atoms with van der Waals surface area (Å²) in [4.78, 5) is 11.7. The standard InChI is InChI=1S/C9H14F3NO3/c1-2-16-8(9(10,11)12)3-4-13(6-8)5-7(14)15/h2-6H2,1H3,(H,14,15)/t8-/m0/s1. The minimum Gasteiger partial charge on any atom is -0.480 e. The van der Waals surface area contributed by atoms with Gasteiger partial charge in [0.15, 0.2) is 5.60 Å². The predicted octanol–water partition coefficient (Wildman–Crippen LogP) is 1.11. The van der Waals surface area contributed by atoms with E-state index in [1.165, 1.54) is 11.8 Å². The third kappa shape index (κ3) is 2.65. The highest BCUT2D eigenvalue weighted by atomic mass is 19.4. The minimum absolute atomic E-state index is 0.0412. The van der Waals surface area contributed by atoms with E-state index in [0.29, 0.717) is 0 Å². The van der Waals surface area contributed by atoms with Crippen molar-refractivity contribution >= 4 is 5.97 Å². The van der Waals surface area contributed by atoms with Crippen molar-refractivity contribution in [2.45, 2.75) is 25.1 Å². The molecule has 0 aliphatic carbocycles. The molecule has 1 aliphatic heterocycles. The first-order valence-corrected chi connectivity index (χ1v) is 4.95. The number of halogens is 3. The van der Waals surface area contributed by atoms with E-state index in [4.69, 9.17) is 9.84 Å². The fourth-order valence-electron chi connectivity index (χ4n) is 1.89. The van der Waals surface area contributed by atoms with E-state index in [-0.39, 0.29) is 26.1 Å². The lowest BCUT2D eigenvalue weighted by Gasteiger charge is -2.31. The number of rotatable bonds is 4. The van der Waals surface area contributed by atoms with Crippen LogP contribution in [0.1, 0.15) is 13.3 Å². The molecule has 7 heteroatoms. The van der Waals surface area contributed by atoms with E-state index < -0.39 is 24.3 Å². The zero-order valence-electron chi connectivity index (χ0n) is 8.88. The Kier molecular flexibility index (Phi) is 3.80. The number of aliphatic carboxylic acids is 1. The van der Waals surface area contributed by atoms with Gasteiger partial charge in [0, 0.05) is 19.7 Å². The number of carboxylic acid groups (broad SMARTS) is 1. The van der Waals surface area contributed by atoms with Gasteiger partial charge >= 0.3 is 12.1 Å². The number of hydrogen-bond donors (Lipinski definition) is 1. The molecule has 0 bridgehead atoms. The molecule has 0 aromatic heterocycles. The van der Waals surface area contributed by atoms with Gasteiger partial charge in [0.2, 0.25) is 0 Å². The molecule has 0 saturated carbocycles. The van der Waals surface area contributed by atoms with Crippen LogP contribution in [0.2, 0.25) is 0 Å². The fourth-order valence-corrected chi connectivity index (χ4v) is 1.89. The van der Waals surface area contributed by atoms with E-state index in [2.05, 4.69) is 0 Å². The van der Waals surface area contributed by atoms with Gasteiger partial charge in [-0.1, -0.05) is 0 Å². The quantitative estimate of drug-likeness (QED) is 0.801. The predicted molar refractivity (Wildman–Crippen MR) is 49.1 cm³/mol. The van der Waals surface area contributed by atoms with Gasteiger partial charge in [0.1, 0.15) is 0 Å². The number of likely N-dealkylation sites (tertiary alicyclic amines) is 1. The average Bonchev–Trinajstić information content (AvgIpc) is 2.48. The van der Waals surface area contributed by atoms with Crippen LogP contribution in [0.3, 0.4) is 0 Å². The maximum absolute atomic E-state index is 12.8. The summed E-state index contributed by atoms with van der Waals surface area (Å²) in [5.74, 6) is -1.13. The molecule has 4 nitrogen and oxygen atoms in total. The Bertz CT molecular complexity index is 269. The molecular formula is C9H14F3NO3. The molecule has 0 aromatic rings. The van der Waals surface area contributed by atoms with Crippen molar-refractivity contribution in [3.05, 3.63) is 0 Å². The van der Waals surface area contributed by atoms with Gasteiger partial charge in [0.25, 0.3) is 0 Å². The number of carbonyl (C=O) groups is 1. The van der Waals surface area contributed by atoms with Crippen molar-refractivity contribution in [1.82, 2.24) is 4.90 Å². The molecular weight excluding hydrogens is 227 g/mol. The summed E-state index contributed by atoms with van der Waals surface area (Å²) in [6, 6.07) is 0. The van der Waals surface area contributed by atoms with Gasteiger partial charge in [-0.25, -0.2) is 0 Å². The Morgan fingerprint density at radius 3 is 2.62 bits per heavy atom. The lowest BCUT2D eigenvalue weighted by atomic mass is 10.0. The SMILES string of the molecule is CCO[C@@]1(C(F)(F)F)CCN(CC(=O)O)C1. The van der Waals surface area contributed by atoms with Gasteiger partial charge in [-0.3, -0.25) is 9.69 Å². The third-order valence-electron chi connectivity index (χ3n) is 2.61. The van der Waals surface area contributed by atoms with E-state index >= 15 is 0 Å². The number of alkyl halides is 3. The summed E-state index contributed by atoms with van der Waals surface area (Å²) in [5.41, 5.74) is -2.20. The van der Waals surface area contributed by atoms with Gasteiger partial charge < -0.3 is 9.84 Å². The normalized spacial score (nSPS) is 27.2. The van der Waals surface area contributed by atoms with Crippen LogP contribution in [0.4, 0.5) is 13.2 Å². The topological polar surface area (TPSA) is 49.8 Å². The first-order chi connectivity index (χ1) is 7.31. The number of nitrogens with zero attached hydrogens (tertiary/aromatic N) is 1. The van der Waals surface area contributed by atoms with Crippen LogP contribution in [0.15, 0.2) is 0 Å². The molecule has 94 valence electrons. The number of ether oxygens (including phenoxy) is 1. The Labute approximate surface area is 91.0 Å². The largest absolute Gasteiger partial charge is 0.480 e. The Balaban J connectivity index is 2.72. The Morgan fingerprint density at radius 1 is 1.56 bits per heavy atom. The summed E-state index contributed by atoms with van der Waals surface area (Å²) in [7, 11) is 0. The van der Waals surface area contributed by atoms with Crippen molar-refractivity contribution < 1.29 is 27.8 Å². The second kappa shape index (κ2) is 4.58. The van der Waals surface area contributed by atoms with Crippen LogP contribution in [0.5, 0.6) is 0 Å². The highest BCUT2D eigenvalue weighted by Gasteiger charge is 2.59. The van der Waals surface area contributed by atoms with E-state index in [9.17, 15) is 18.0 Å². The van der Waals surface area contributed by atoms with Gasteiger partial charge in [0.05, 0.1) is 6.54 Å². The van der Waals surface area contributed by atoms with Crippen LogP contribution in [-0.4, -0.2) is 54.0 Å². The summed E-state index contributed by atoms with van der Waals surface area (Å²) in [6.45, 7) is 0.751. The molecule has 16 heavy (non-hydrogen) atoms. The summed E-state index contributed by atoms with van der Waals surface area (Å²) < 4.78 is 43.3. The second-order valence-corrected chi connectivity index (χ2v) is 3.78. The first-order valence-electron chi connectivity index (χ1n) is 4.95. The Hall–Kier alpha value is -0.820. The molecule has 1 N–H and O–H groups in total. The summed E-state index contributed by atoms with van der Waals surface area (Å²) >= 11 is 0. The fraction of sp³-hybridized carbons (Fsp3) is 0.889. The molecule has 0 aromatic carbocycles. The van der Waals surface area contributed by atoms with Gasteiger partial charge in [-0.05, 0) is 13.3 Å². The molecule has 1 atom stereocenters. The molecule has 0 amide bonds. The molecule has 1 aliphatic rings. The van der Waals surface area contributed by atoms with Crippen LogP contribution in [-0.2, 0) is 9.53 Å². The van der Waals surface area contributed by atoms with Crippen molar-refractivity contribution in [1.29, 1.82) is 0 Å². The highest BCUT2D eigenvalue weighted by molar-refractivity contribution is 5.69. The molecule has 1 saturated heterocycles. The van der Waals surface area contributed by atoms with Crippen molar-refractivity contribution in [3.8, 4) is 0 Å². The molecule has 0 unspecified atom stereocenters. The van der Waals surface area contributed by atoms with E-state index in [0.717, 1.165) is 0 Å². The lowest BCUT2D eigenvalue weighted by Crippen LogP contribution is -2.50. The molecule has 0 radical (unpaired) electrons. The Morgan fingerprint density at radius 2 is 2.19 bits per heavy atom. The van der Waals surface area contributed by atoms with Crippen molar-refractivity contribution in [3.63, 3.8) is 0 Å². The lowest BCUT2D eigenvalue weighted by molar-refractivity contribution is -0.271. The maximum Gasteiger partial charge on any atom is 0.418 e. The third-order valence-corrected chi connectivity index (χ3v) is 2.61. The highest BCUT2D eigenvalue weighted by Crippen LogP contribution is 2.40. The molecule has 1 fully saturated rings. The number of hydrogen-bond acceptors (Lipinski definition) is 3. The van der Waals surface area contributed by atoms with Crippen LogP contribution < -0.4 is 0 Å². The molecule has 1 rings (SSSR count). The summed E-state index contributed by atoms with van der Waals surface area (Å²) in [6.07, 6.45) is -4.67. The van der Waals surface area contributed by atoms with Crippen LogP contribution >= 0.6 is 0 Å². The van der Waals surface area contributed by atoms with Crippen molar-refractivity contribution in [2.24, 2.45) is 0 Å². The van der Waals surface area contributed by atoms with Gasteiger partial charge in [-0.2, -0.15) is 13.2 Å². The zero-order chi connectivity index (χ0) is 12.4. The average molecular weight is 241 g/mol.